The van der Waals surface area contributed by atoms with E-state index in [0.717, 1.165) is 5.01 Å². The van der Waals surface area contributed by atoms with Crippen LogP contribution in [0.4, 0.5) is 0 Å². The molecule has 0 spiro atoms. The first-order chi connectivity index (χ1) is 13.7. The second-order valence-corrected chi connectivity index (χ2v) is 8.33. The quantitative estimate of drug-likeness (QED) is 0.381. The number of aliphatic hydroxyl groups is 1. The van der Waals surface area contributed by atoms with Crippen molar-refractivity contribution in [2.75, 3.05) is 13.2 Å². The summed E-state index contributed by atoms with van der Waals surface area (Å²) in [6.45, 7) is 3.67. The first kappa shape index (κ1) is 22.8. The van der Waals surface area contributed by atoms with Gasteiger partial charge in [0.15, 0.2) is 5.41 Å². The summed E-state index contributed by atoms with van der Waals surface area (Å²) in [6, 6.07) is 9.27. The first-order valence-electron chi connectivity index (χ1n) is 9.20. The molecule has 1 heterocycles. The van der Waals surface area contributed by atoms with Crippen molar-refractivity contribution in [3.63, 3.8) is 0 Å². The number of benzene rings is 1. The summed E-state index contributed by atoms with van der Waals surface area (Å²) in [5.74, 6) is -2.05. The van der Waals surface area contributed by atoms with E-state index in [9.17, 15) is 24.9 Å². The van der Waals surface area contributed by atoms with Crippen LogP contribution in [0.5, 0.6) is 5.75 Å². The van der Waals surface area contributed by atoms with Gasteiger partial charge in [-0.25, -0.2) is 4.98 Å². The molecule has 1 aromatic carbocycles. The van der Waals surface area contributed by atoms with E-state index < -0.39 is 23.5 Å². The Hall–Kier alpha value is -2.49. The van der Waals surface area contributed by atoms with Crippen molar-refractivity contribution in [1.29, 1.82) is 0 Å². The van der Waals surface area contributed by atoms with Gasteiger partial charge < -0.3 is 25.4 Å². The number of nitrogens with one attached hydrogen (secondary N) is 1. The Labute approximate surface area is 173 Å². The van der Waals surface area contributed by atoms with E-state index in [0.29, 0.717) is 23.6 Å². The topological polar surface area (TPSA) is 129 Å². The molecule has 4 N–H and O–H groups in total. The molecule has 2 aromatic rings. The second kappa shape index (κ2) is 10.3. The zero-order valence-electron chi connectivity index (χ0n) is 16.4. The number of carboxylic acid groups (broad SMARTS) is 2. The Balaban J connectivity index is 1.78. The minimum atomic E-state index is -1.88. The fourth-order valence-electron chi connectivity index (χ4n) is 2.55. The van der Waals surface area contributed by atoms with Crippen molar-refractivity contribution in [1.82, 2.24) is 10.3 Å². The highest BCUT2D eigenvalue weighted by molar-refractivity contribution is 7.11. The summed E-state index contributed by atoms with van der Waals surface area (Å²) in [5, 5.41) is 32.5. The van der Waals surface area contributed by atoms with Crippen LogP contribution in [0.25, 0.3) is 0 Å². The first-order valence-corrected chi connectivity index (χ1v) is 10.0. The summed E-state index contributed by atoms with van der Waals surface area (Å²) >= 11 is 1.30. The minimum Gasteiger partial charge on any atom is -0.491 e. The molecule has 0 unspecified atom stereocenters. The zero-order chi connectivity index (χ0) is 21.4. The van der Waals surface area contributed by atoms with Crippen LogP contribution in [-0.2, 0) is 22.4 Å². The largest absolute Gasteiger partial charge is 0.491 e. The smallest absolute Gasteiger partial charge is 0.321 e. The lowest BCUT2D eigenvalue weighted by molar-refractivity contribution is -0.163. The van der Waals surface area contributed by atoms with Gasteiger partial charge in [-0.2, -0.15) is 0 Å². The lowest BCUT2D eigenvalue weighted by Crippen LogP contribution is -2.38. The summed E-state index contributed by atoms with van der Waals surface area (Å²) < 4.78 is 5.51. The second-order valence-electron chi connectivity index (χ2n) is 7.13. The van der Waals surface area contributed by atoms with Crippen LogP contribution in [0.15, 0.2) is 36.5 Å². The van der Waals surface area contributed by atoms with Crippen molar-refractivity contribution < 1.29 is 29.6 Å². The highest BCUT2D eigenvalue weighted by Gasteiger charge is 2.42. The lowest BCUT2D eigenvalue weighted by Gasteiger charge is -2.18. The highest BCUT2D eigenvalue weighted by atomic mass is 32.1. The maximum atomic E-state index is 11.3. The van der Waals surface area contributed by atoms with Crippen LogP contribution in [0, 0.1) is 5.41 Å². The number of hydrogen-bond acceptors (Lipinski definition) is 7. The number of aromatic nitrogens is 1. The molecule has 8 nitrogen and oxygen atoms in total. The number of aliphatic hydroxyl groups excluding tert-OH is 1. The molecule has 0 fully saturated rings. The Kier molecular flexibility index (Phi) is 8.12. The van der Waals surface area contributed by atoms with Crippen molar-refractivity contribution in [3.8, 4) is 5.75 Å². The van der Waals surface area contributed by atoms with Gasteiger partial charge in [-0.1, -0.05) is 18.2 Å². The van der Waals surface area contributed by atoms with E-state index in [1.807, 2.05) is 37.3 Å². The molecule has 0 aliphatic rings. The molecule has 0 bridgehead atoms. The number of ether oxygens (including phenoxy) is 1. The van der Waals surface area contributed by atoms with Crippen LogP contribution >= 0.6 is 11.3 Å². The molecule has 1 aromatic heterocycles. The third-order valence-corrected chi connectivity index (χ3v) is 5.46. The van der Waals surface area contributed by atoms with Crippen LogP contribution in [0.3, 0.4) is 0 Å². The fourth-order valence-corrected chi connectivity index (χ4v) is 3.76. The third kappa shape index (κ3) is 6.81. The monoisotopic (exact) mass is 422 g/mol. The average molecular weight is 423 g/mol. The van der Waals surface area contributed by atoms with Crippen molar-refractivity contribution in [2.45, 2.75) is 38.8 Å². The molecule has 0 saturated heterocycles. The predicted molar refractivity (Wildman–Crippen MR) is 108 cm³/mol. The maximum Gasteiger partial charge on any atom is 0.321 e. The molecule has 9 heteroatoms. The van der Waals surface area contributed by atoms with E-state index >= 15 is 0 Å². The van der Waals surface area contributed by atoms with Gasteiger partial charge in [0.2, 0.25) is 0 Å². The molecule has 0 aliphatic heterocycles. The number of carbonyl (C=O) groups is 2. The average Bonchev–Trinajstić information content (AvgIpc) is 3.11. The SMILES string of the molecule is C[C@H](Cc1ncc(CC(C)(C(=O)O)C(=O)O)s1)NC[C@H](O)COc1ccccc1. The number of thiazole rings is 1. The molecule has 0 amide bonds. The molecule has 158 valence electrons. The Morgan fingerprint density at radius 1 is 1.24 bits per heavy atom. The van der Waals surface area contributed by atoms with Gasteiger partial charge >= 0.3 is 11.9 Å². The third-order valence-electron chi connectivity index (χ3n) is 4.44. The van der Waals surface area contributed by atoms with Crippen molar-refractivity contribution in [3.05, 3.63) is 46.4 Å². The van der Waals surface area contributed by atoms with E-state index in [1.165, 1.54) is 24.5 Å². The summed E-state index contributed by atoms with van der Waals surface area (Å²) in [5.41, 5.74) is -1.88. The van der Waals surface area contributed by atoms with Gasteiger partial charge in [-0.15, -0.1) is 11.3 Å². The number of nitrogens with zero attached hydrogens (tertiary/aromatic N) is 1. The van der Waals surface area contributed by atoms with E-state index in [2.05, 4.69) is 10.3 Å². The molecule has 2 rings (SSSR count). The van der Waals surface area contributed by atoms with Gasteiger partial charge in [-0.3, -0.25) is 9.59 Å². The van der Waals surface area contributed by atoms with Gasteiger partial charge in [-0.05, 0) is 26.0 Å². The number of rotatable bonds is 12. The van der Waals surface area contributed by atoms with E-state index in [1.54, 1.807) is 0 Å². The van der Waals surface area contributed by atoms with Crippen LogP contribution in [0.2, 0.25) is 0 Å². The summed E-state index contributed by atoms with van der Waals surface area (Å²) in [6.07, 6.45) is 1.32. The van der Waals surface area contributed by atoms with Gasteiger partial charge in [0.05, 0.1) is 5.01 Å². The molecule has 0 aliphatic carbocycles. The highest BCUT2D eigenvalue weighted by Crippen LogP contribution is 2.27. The molecular weight excluding hydrogens is 396 g/mol. The number of hydrogen-bond donors (Lipinski definition) is 4. The van der Waals surface area contributed by atoms with Crippen molar-refractivity contribution in [2.24, 2.45) is 5.41 Å². The molecule has 29 heavy (non-hydrogen) atoms. The molecular formula is C20H26N2O6S. The standard InChI is InChI=1S/C20H26N2O6S/c1-13(21-10-14(23)12-28-15-6-4-3-5-7-15)8-17-22-11-16(29-17)9-20(2,18(24)25)19(26)27/h3-7,11,13-14,21,23H,8-10,12H2,1-2H3,(H,24,25)(H,26,27)/t13-,14+/m1/s1. The van der Waals surface area contributed by atoms with Crippen molar-refractivity contribution >= 4 is 23.3 Å². The Morgan fingerprint density at radius 3 is 2.52 bits per heavy atom. The van der Waals surface area contributed by atoms with Gasteiger partial charge in [0.25, 0.3) is 0 Å². The predicted octanol–water partition coefficient (Wildman–Crippen LogP) is 1.82. The molecule has 0 saturated carbocycles. The number of aliphatic carboxylic acids is 2. The number of para-hydroxylation sites is 1. The zero-order valence-corrected chi connectivity index (χ0v) is 17.2. The Morgan fingerprint density at radius 2 is 1.90 bits per heavy atom. The fraction of sp³-hybridized carbons (Fsp3) is 0.450. The van der Waals surface area contributed by atoms with Crippen LogP contribution in [-0.4, -0.2) is 57.5 Å². The summed E-state index contributed by atoms with van der Waals surface area (Å²) in [4.78, 5) is 27.5. The van der Waals surface area contributed by atoms with E-state index in [-0.39, 0.29) is 19.1 Å². The summed E-state index contributed by atoms with van der Waals surface area (Å²) in [7, 11) is 0. The van der Waals surface area contributed by atoms with Crippen LogP contribution < -0.4 is 10.1 Å². The lowest BCUT2D eigenvalue weighted by atomic mass is 9.87. The number of carboxylic acids is 2. The maximum absolute atomic E-state index is 11.3. The normalized spacial score (nSPS) is 13.6. The molecule has 0 radical (unpaired) electrons. The van der Waals surface area contributed by atoms with Gasteiger partial charge in [0.1, 0.15) is 18.5 Å². The van der Waals surface area contributed by atoms with E-state index in [4.69, 9.17) is 4.74 Å². The minimum absolute atomic E-state index is 0.0192. The van der Waals surface area contributed by atoms with Crippen LogP contribution in [0.1, 0.15) is 23.7 Å². The molecule has 2 atom stereocenters. The Bertz CT molecular complexity index is 796. The van der Waals surface area contributed by atoms with Gasteiger partial charge in [0, 0.05) is 36.5 Å².